The number of hydrogen-bond acceptors (Lipinski definition) is 2. The van der Waals surface area contributed by atoms with Crippen molar-refractivity contribution in [3.05, 3.63) is 23.4 Å². The third kappa shape index (κ3) is 3.28. The topological polar surface area (TPSA) is 16.1 Å². The molecule has 0 bridgehead atoms. The van der Waals surface area contributed by atoms with Gasteiger partial charge in [-0.2, -0.15) is 13.2 Å². The lowest BCUT2D eigenvalue weighted by atomic mass is 10.2. The highest BCUT2D eigenvalue weighted by molar-refractivity contribution is 6.18. The molecule has 0 saturated heterocycles. The zero-order valence-electron chi connectivity index (χ0n) is 9.80. The smallest absolute Gasteiger partial charge is 0.346 e. The second-order valence-electron chi connectivity index (χ2n) is 4.35. The fraction of sp³-hybridized carbons (Fsp3) is 0.583. The molecule has 100 valence electrons. The first kappa shape index (κ1) is 13.5. The molecule has 0 saturated carbocycles. The van der Waals surface area contributed by atoms with Crippen LogP contribution in [0.1, 0.15) is 17.7 Å². The molecule has 0 aromatic carbocycles. The van der Waals surface area contributed by atoms with Gasteiger partial charge in [-0.05, 0) is 30.9 Å². The van der Waals surface area contributed by atoms with E-state index in [1.807, 2.05) is 6.07 Å². The summed E-state index contributed by atoms with van der Waals surface area (Å²) in [5.41, 5.74) is 2.07. The van der Waals surface area contributed by atoms with Crippen molar-refractivity contribution in [1.82, 2.24) is 4.98 Å². The van der Waals surface area contributed by atoms with Crippen LogP contribution in [-0.2, 0) is 12.8 Å². The van der Waals surface area contributed by atoms with E-state index in [4.69, 9.17) is 11.6 Å². The molecule has 0 unspecified atom stereocenters. The van der Waals surface area contributed by atoms with Crippen LogP contribution in [0, 0.1) is 0 Å². The number of fused-ring (bicyclic) bond motifs is 1. The van der Waals surface area contributed by atoms with Crippen LogP contribution in [0.2, 0.25) is 0 Å². The summed E-state index contributed by atoms with van der Waals surface area (Å²) in [4.78, 5) is 5.51. The number of aromatic nitrogens is 1. The minimum atomic E-state index is -4.24. The van der Waals surface area contributed by atoms with Gasteiger partial charge in [0.2, 0.25) is 0 Å². The first-order valence-electron chi connectivity index (χ1n) is 5.86. The molecule has 0 amide bonds. The lowest BCUT2D eigenvalue weighted by molar-refractivity contribution is -0.119. The van der Waals surface area contributed by atoms with Crippen molar-refractivity contribution in [1.29, 1.82) is 0 Å². The molecule has 1 aromatic heterocycles. The summed E-state index contributed by atoms with van der Waals surface area (Å²) in [7, 11) is 0. The second-order valence-corrected chi connectivity index (χ2v) is 4.73. The minimum Gasteiger partial charge on any atom is -0.346 e. The van der Waals surface area contributed by atoms with E-state index in [0.29, 0.717) is 5.82 Å². The second kappa shape index (κ2) is 5.34. The maximum atomic E-state index is 12.5. The van der Waals surface area contributed by atoms with Crippen molar-refractivity contribution in [3.63, 3.8) is 0 Å². The average Bonchev–Trinajstić information content (AvgIpc) is 2.73. The van der Waals surface area contributed by atoms with Gasteiger partial charge in [-0.1, -0.05) is 6.07 Å². The molecule has 0 atom stereocenters. The fourth-order valence-electron chi connectivity index (χ4n) is 2.18. The van der Waals surface area contributed by atoms with Gasteiger partial charge in [-0.25, -0.2) is 4.98 Å². The van der Waals surface area contributed by atoms with E-state index in [9.17, 15) is 13.2 Å². The highest BCUT2D eigenvalue weighted by Gasteiger charge is 2.31. The first-order valence-corrected chi connectivity index (χ1v) is 6.39. The Balaban J connectivity index is 2.20. The summed E-state index contributed by atoms with van der Waals surface area (Å²) in [6.07, 6.45) is -1.39. The predicted molar refractivity (Wildman–Crippen MR) is 65.3 cm³/mol. The Morgan fingerprint density at radius 3 is 2.72 bits per heavy atom. The average molecular weight is 279 g/mol. The molecule has 0 radical (unpaired) electrons. The zero-order chi connectivity index (χ0) is 13.2. The number of rotatable bonds is 4. The zero-order valence-corrected chi connectivity index (χ0v) is 10.6. The van der Waals surface area contributed by atoms with Crippen molar-refractivity contribution in [2.24, 2.45) is 0 Å². The van der Waals surface area contributed by atoms with Crippen molar-refractivity contribution in [2.75, 3.05) is 23.9 Å². The van der Waals surface area contributed by atoms with Gasteiger partial charge < -0.3 is 4.90 Å². The SMILES string of the molecule is FC(F)(F)CN(CCCl)c1ccc2c(n1)CCC2. The largest absolute Gasteiger partial charge is 0.405 e. The van der Waals surface area contributed by atoms with Gasteiger partial charge in [0.25, 0.3) is 0 Å². The fourth-order valence-corrected chi connectivity index (χ4v) is 2.38. The van der Waals surface area contributed by atoms with Crippen LogP contribution in [0.25, 0.3) is 0 Å². The quantitative estimate of drug-likeness (QED) is 0.787. The summed E-state index contributed by atoms with van der Waals surface area (Å²) in [5.74, 6) is 0.517. The normalized spacial score (nSPS) is 14.7. The maximum absolute atomic E-state index is 12.5. The molecule has 0 aliphatic heterocycles. The van der Waals surface area contributed by atoms with E-state index < -0.39 is 12.7 Å². The van der Waals surface area contributed by atoms with Gasteiger partial charge in [0.1, 0.15) is 12.4 Å². The van der Waals surface area contributed by atoms with Gasteiger partial charge in [0.05, 0.1) is 0 Å². The van der Waals surface area contributed by atoms with Crippen LogP contribution in [0.15, 0.2) is 12.1 Å². The highest BCUT2D eigenvalue weighted by Crippen LogP contribution is 2.25. The molecule has 0 spiro atoms. The molecular formula is C12H14ClF3N2. The molecule has 2 nitrogen and oxygen atoms in total. The Hall–Kier alpha value is -0.970. The molecule has 6 heteroatoms. The number of nitrogens with zero attached hydrogens (tertiary/aromatic N) is 2. The first-order chi connectivity index (χ1) is 8.49. The monoisotopic (exact) mass is 278 g/mol. The molecule has 0 fully saturated rings. The van der Waals surface area contributed by atoms with E-state index in [1.54, 1.807) is 6.07 Å². The van der Waals surface area contributed by atoms with Gasteiger partial charge in [0.15, 0.2) is 0 Å². The van der Waals surface area contributed by atoms with Crippen molar-refractivity contribution < 1.29 is 13.2 Å². The molecule has 1 aliphatic rings. The number of hydrogen-bond donors (Lipinski definition) is 0. The van der Waals surface area contributed by atoms with E-state index in [-0.39, 0.29) is 12.4 Å². The molecule has 0 N–H and O–H groups in total. The lowest BCUT2D eigenvalue weighted by Gasteiger charge is -2.24. The van der Waals surface area contributed by atoms with Crippen LogP contribution in [-0.4, -0.2) is 30.1 Å². The summed E-state index contributed by atoms with van der Waals surface area (Å²) in [5, 5.41) is 0. The molecular weight excluding hydrogens is 265 g/mol. The summed E-state index contributed by atoms with van der Waals surface area (Å²) in [6, 6.07) is 3.53. The number of halogens is 4. The Kier molecular flexibility index (Phi) is 4.00. The summed E-state index contributed by atoms with van der Waals surface area (Å²) in [6.45, 7) is -0.863. The minimum absolute atomic E-state index is 0.146. The van der Waals surface area contributed by atoms with Crippen LogP contribution in [0.5, 0.6) is 0 Å². The van der Waals surface area contributed by atoms with Crippen LogP contribution >= 0.6 is 11.6 Å². The lowest BCUT2D eigenvalue weighted by Crippen LogP contribution is -2.36. The number of anilines is 1. The van der Waals surface area contributed by atoms with Gasteiger partial charge in [0, 0.05) is 18.1 Å². The molecule has 18 heavy (non-hydrogen) atoms. The van der Waals surface area contributed by atoms with E-state index in [1.165, 1.54) is 4.90 Å². The van der Waals surface area contributed by atoms with Gasteiger partial charge >= 0.3 is 6.18 Å². The molecule has 1 aliphatic carbocycles. The summed E-state index contributed by atoms with van der Waals surface area (Å²) >= 11 is 5.56. The van der Waals surface area contributed by atoms with E-state index in [0.717, 1.165) is 30.5 Å². The van der Waals surface area contributed by atoms with Crippen molar-refractivity contribution >= 4 is 17.4 Å². The number of pyridine rings is 1. The number of aryl methyl sites for hydroxylation is 2. The van der Waals surface area contributed by atoms with Crippen LogP contribution < -0.4 is 4.90 Å². The Labute approximate surface area is 109 Å². The van der Waals surface area contributed by atoms with Gasteiger partial charge in [-0.15, -0.1) is 11.6 Å². The third-order valence-electron chi connectivity index (χ3n) is 2.96. The molecule has 2 rings (SSSR count). The predicted octanol–water partition coefficient (Wildman–Crippen LogP) is 3.18. The third-order valence-corrected chi connectivity index (χ3v) is 3.13. The Morgan fingerprint density at radius 2 is 2.06 bits per heavy atom. The standard InChI is InChI=1S/C12H14ClF3N2/c13-6-7-18(8-12(14,15)16)11-5-4-9-2-1-3-10(9)17-11/h4-5H,1-3,6-8H2. The maximum Gasteiger partial charge on any atom is 0.405 e. The number of alkyl halides is 4. The van der Waals surface area contributed by atoms with E-state index in [2.05, 4.69) is 4.98 Å². The summed E-state index contributed by atoms with van der Waals surface area (Å²) < 4.78 is 37.4. The Bertz CT molecular complexity index is 420. The van der Waals surface area contributed by atoms with E-state index >= 15 is 0 Å². The van der Waals surface area contributed by atoms with Crippen LogP contribution in [0.4, 0.5) is 19.0 Å². The van der Waals surface area contributed by atoms with Crippen molar-refractivity contribution in [3.8, 4) is 0 Å². The van der Waals surface area contributed by atoms with Gasteiger partial charge in [-0.3, -0.25) is 0 Å². The molecule has 1 heterocycles. The Morgan fingerprint density at radius 1 is 1.28 bits per heavy atom. The molecule has 1 aromatic rings. The van der Waals surface area contributed by atoms with Crippen molar-refractivity contribution in [2.45, 2.75) is 25.4 Å². The highest BCUT2D eigenvalue weighted by atomic mass is 35.5. The van der Waals surface area contributed by atoms with Crippen LogP contribution in [0.3, 0.4) is 0 Å².